The molecule has 1 aliphatic heterocycles. The van der Waals surface area contributed by atoms with E-state index in [0.29, 0.717) is 44.7 Å². The van der Waals surface area contributed by atoms with Crippen LogP contribution in [-0.4, -0.2) is 36.3 Å². The maximum Gasteiger partial charge on any atom is 0.222 e. The van der Waals surface area contributed by atoms with E-state index in [2.05, 4.69) is 0 Å². The quantitative estimate of drug-likeness (QED) is 0.507. The number of hydrogen-bond donors (Lipinski definition) is 0. The Bertz CT molecular complexity index is 879. The molecule has 1 fully saturated rings. The van der Waals surface area contributed by atoms with Gasteiger partial charge < -0.3 is 9.64 Å². The second-order valence-corrected chi connectivity index (χ2v) is 7.05. The number of rotatable bonds is 7. The van der Waals surface area contributed by atoms with Gasteiger partial charge in [0.1, 0.15) is 23.2 Å². The maximum absolute atomic E-state index is 13.8. The largest absolute Gasteiger partial charge is 0.493 e. The zero-order chi connectivity index (χ0) is 20.8. The molecule has 0 atom stereocenters. The van der Waals surface area contributed by atoms with E-state index in [1.807, 2.05) is 0 Å². The zero-order valence-electron chi connectivity index (χ0n) is 15.9. The van der Waals surface area contributed by atoms with Crippen molar-refractivity contribution < 1.29 is 27.5 Å². The Balaban J connectivity index is 1.42. The van der Waals surface area contributed by atoms with E-state index in [0.717, 1.165) is 18.2 Å². The lowest BCUT2D eigenvalue weighted by Crippen LogP contribution is -2.40. The van der Waals surface area contributed by atoms with Gasteiger partial charge in [0.15, 0.2) is 5.78 Å². The molecule has 154 valence electrons. The van der Waals surface area contributed by atoms with Gasteiger partial charge in [0.25, 0.3) is 0 Å². The summed E-state index contributed by atoms with van der Waals surface area (Å²) in [5.74, 6) is -2.23. The Kier molecular flexibility index (Phi) is 6.90. The molecule has 7 heteroatoms. The molecule has 1 heterocycles. The Morgan fingerprint density at radius 1 is 1.00 bits per heavy atom. The van der Waals surface area contributed by atoms with Crippen molar-refractivity contribution in [3.8, 4) is 5.75 Å². The molecular formula is C22H22F3NO3. The van der Waals surface area contributed by atoms with Crippen molar-refractivity contribution in [3.05, 3.63) is 65.5 Å². The fourth-order valence-corrected chi connectivity index (χ4v) is 3.43. The number of Topliss-reactive ketones (excluding diaryl/α,β-unsaturated/α-hetero) is 1. The van der Waals surface area contributed by atoms with Gasteiger partial charge in [-0.05, 0) is 49.6 Å². The molecule has 0 N–H and O–H groups in total. The fourth-order valence-electron chi connectivity index (χ4n) is 3.43. The van der Waals surface area contributed by atoms with E-state index < -0.39 is 23.3 Å². The first-order chi connectivity index (χ1) is 13.9. The summed E-state index contributed by atoms with van der Waals surface area (Å²) in [6.07, 6.45) is 1.61. The number of likely N-dealkylation sites (tertiary alicyclic amines) is 1. The number of carbonyl (C=O) groups is 2. The topological polar surface area (TPSA) is 46.6 Å². The molecule has 0 radical (unpaired) electrons. The lowest BCUT2D eigenvalue weighted by Gasteiger charge is -2.31. The highest BCUT2D eigenvalue weighted by Crippen LogP contribution is 2.24. The van der Waals surface area contributed by atoms with E-state index in [1.54, 1.807) is 17.0 Å². The summed E-state index contributed by atoms with van der Waals surface area (Å²) in [5, 5.41) is 0. The molecule has 0 saturated carbocycles. The number of nitrogens with zero attached hydrogens (tertiary/aromatic N) is 1. The van der Waals surface area contributed by atoms with Gasteiger partial charge in [0.2, 0.25) is 5.91 Å². The number of ether oxygens (including phenoxy) is 1. The number of ketones is 1. The SMILES string of the molecule is O=C(c1cc(F)ccc1F)C1CCN(C(=O)CCCOc2cccc(F)c2)CC1. The van der Waals surface area contributed by atoms with Crippen LogP contribution < -0.4 is 4.74 Å². The van der Waals surface area contributed by atoms with Gasteiger partial charge in [-0.15, -0.1) is 0 Å². The third-order valence-corrected chi connectivity index (χ3v) is 5.01. The molecule has 1 amide bonds. The van der Waals surface area contributed by atoms with Gasteiger partial charge in [-0.1, -0.05) is 6.07 Å². The third kappa shape index (κ3) is 5.59. The van der Waals surface area contributed by atoms with Crippen molar-refractivity contribution >= 4 is 11.7 Å². The molecule has 2 aromatic rings. The normalized spacial score (nSPS) is 14.7. The van der Waals surface area contributed by atoms with E-state index in [1.165, 1.54) is 12.1 Å². The fraction of sp³-hybridized carbons (Fsp3) is 0.364. The van der Waals surface area contributed by atoms with E-state index in [9.17, 15) is 22.8 Å². The van der Waals surface area contributed by atoms with Gasteiger partial charge >= 0.3 is 0 Å². The van der Waals surface area contributed by atoms with Crippen molar-refractivity contribution in [1.82, 2.24) is 4.90 Å². The molecule has 0 spiro atoms. The summed E-state index contributed by atoms with van der Waals surface area (Å²) in [4.78, 5) is 26.5. The first-order valence-corrected chi connectivity index (χ1v) is 9.59. The summed E-state index contributed by atoms with van der Waals surface area (Å²) < 4.78 is 45.6. The van der Waals surface area contributed by atoms with Crippen LogP contribution >= 0.6 is 0 Å². The number of benzene rings is 2. The molecule has 0 unspecified atom stereocenters. The van der Waals surface area contributed by atoms with Crippen LogP contribution in [0.4, 0.5) is 13.2 Å². The lowest BCUT2D eigenvalue weighted by atomic mass is 9.88. The standard InChI is InChI=1S/C22H22F3NO3/c23-16-3-1-4-18(13-16)29-12-2-5-21(27)26-10-8-15(9-11-26)22(28)19-14-17(24)6-7-20(19)25/h1,3-4,6-7,13-15H,2,5,8-12H2. The van der Waals surface area contributed by atoms with Crippen LogP contribution in [0.1, 0.15) is 36.0 Å². The van der Waals surface area contributed by atoms with Crippen LogP contribution in [0.5, 0.6) is 5.75 Å². The zero-order valence-corrected chi connectivity index (χ0v) is 15.9. The van der Waals surface area contributed by atoms with Crippen LogP contribution in [0.3, 0.4) is 0 Å². The first kappa shape index (κ1) is 20.9. The van der Waals surface area contributed by atoms with Crippen LogP contribution in [0.15, 0.2) is 42.5 Å². The second-order valence-electron chi connectivity index (χ2n) is 7.05. The minimum Gasteiger partial charge on any atom is -0.493 e. The molecule has 3 rings (SSSR count). The average Bonchev–Trinajstić information content (AvgIpc) is 2.72. The molecule has 0 bridgehead atoms. The Morgan fingerprint density at radius 3 is 2.45 bits per heavy atom. The summed E-state index contributed by atoms with van der Waals surface area (Å²) in [6.45, 7) is 1.09. The summed E-state index contributed by atoms with van der Waals surface area (Å²) in [6, 6.07) is 8.66. The highest BCUT2D eigenvalue weighted by molar-refractivity contribution is 5.98. The molecule has 2 aromatic carbocycles. The van der Waals surface area contributed by atoms with Crippen molar-refractivity contribution in [2.45, 2.75) is 25.7 Å². The minimum atomic E-state index is -0.729. The van der Waals surface area contributed by atoms with E-state index >= 15 is 0 Å². The van der Waals surface area contributed by atoms with Crippen LogP contribution in [0.2, 0.25) is 0 Å². The van der Waals surface area contributed by atoms with E-state index in [-0.39, 0.29) is 23.7 Å². The van der Waals surface area contributed by atoms with Gasteiger partial charge in [0.05, 0.1) is 12.2 Å². The molecule has 0 aromatic heterocycles. The number of hydrogen-bond acceptors (Lipinski definition) is 3. The lowest BCUT2D eigenvalue weighted by molar-refractivity contribution is -0.132. The van der Waals surface area contributed by atoms with Gasteiger partial charge in [-0.25, -0.2) is 13.2 Å². The highest BCUT2D eigenvalue weighted by Gasteiger charge is 2.29. The van der Waals surface area contributed by atoms with Crippen LogP contribution in [-0.2, 0) is 4.79 Å². The Morgan fingerprint density at radius 2 is 1.72 bits per heavy atom. The van der Waals surface area contributed by atoms with Gasteiger partial charge in [-0.3, -0.25) is 9.59 Å². The number of halogens is 3. The average molecular weight is 405 g/mol. The third-order valence-electron chi connectivity index (χ3n) is 5.01. The molecule has 0 aliphatic carbocycles. The molecule has 1 saturated heterocycles. The molecule has 4 nitrogen and oxygen atoms in total. The summed E-state index contributed by atoms with van der Waals surface area (Å²) >= 11 is 0. The van der Waals surface area contributed by atoms with E-state index in [4.69, 9.17) is 4.74 Å². The van der Waals surface area contributed by atoms with Crippen molar-refractivity contribution in [3.63, 3.8) is 0 Å². The second kappa shape index (κ2) is 9.58. The predicted octanol–water partition coefficient (Wildman–Crippen LogP) is 4.38. The monoisotopic (exact) mass is 405 g/mol. The predicted molar refractivity (Wildman–Crippen MR) is 101 cm³/mol. The number of piperidine rings is 1. The van der Waals surface area contributed by atoms with Gasteiger partial charge in [0, 0.05) is 31.5 Å². The molecule has 29 heavy (non-hydrogen) atoms. The molecular weight excluding hydrogens is 383 g/mol. The Hall–Kier alpha value is -2.83. The van der Waals surface area contributed by atoms with Crippen molar-refractivity contribution in [2.75, 3.05) is 19.7 Å². The minimum absolute atomic E-state index is 0.0457. The van der Waals surface area contributed by atoms with Gasteiger partial charge in [-0.2, -0.15) is 0 Å². The van der Waals surface area contributed by atoms with Crippen molar-refractivity contribution in [2.24, 2.45) is 5.92 Å². The summed E-state index contributed by atoms with van der Waals surface area (Å²) in [5.41, 5.74) is -0.232. The maximum atomic E-state index is 13.8. The molecule has 1 aliphatic rings. The number of carbonyl (C=O) groups excluding carboxylic acids is 2. The highest BCUT2D eigenvalue weighted by atomic mass is 19.1. The summed E-state index contributed by atoms with van der Waals surface area (Å²) in [7, 11) is 0. The smallest absolute Gasteiger partial charge is 0.222 e. The van der Waals surface area contributed by atoms with Crippen LogP contribution in [0.25, 0.3) is 0 Å². The Labute approximate surface area is 167 Å². The first-order valence-electron chi connectivity index (χ1n) is 9.59. The van der Waals surface area contributed by atoms with Crippen molar-refractivity contribution in [1.29, 1.82) is 0 Å². The number of amides is 1. The van der Waals surface area contributed by atoms with Crippen LogP contribution in [0, 0.1) is 23.4 Å².